The maximum atomic E-state index is 12.1. The molecule has 0 bridgehead atoms. The maximum Gasteiger partial charge on any atom is 0.272 e. The van der Waals surface area contributed by atoms with Gasteiger partial charge in [-0.05, 0) is 30.3 Å². The van der Waals surface area contributed by atoms with Crippen LogP contribution in [0.5, 0.6) is 0 Å². The van der Waals surface area contributed by atoms with Crippen LogP contribution in [0, 0.1) is 0 Å². The third kappa shape index (κ3) is 3.24. The van der Waals surface area contributed by atoms with E-state index in [0.29, 0.717) is 11.1 Å². The summed E-state index contributed by atoms with van der Waals surface area (Å²) in [6, 6.07) is 17.6. The van der Waals surface area contributed by atoms with E-state index in [1.807, 2.05) is 60.9 Å². The van der Waals surface area contributed by atoms with Crippen LogP contribution in [0.4, 0.5) is 17.1 Å². The minimum atomic E-state index is -0.189. The smallest absolute Gasteiger partial charge is 0.272 e. The number of pyridine rings is 1. The summed E-state index contributed by atoms with van der Waals surface area (Å²) in [7, 11) is 0. The number of anilines is 3. The number of aromatic nitrogens is 3. The molecule has 3 N–H and O–H groups in total. The number of nitrogen functional groups attached to an aromatic ring is 1. The molecule has 0 amide bonds. The molecule has 0 saturated carbocycles. The molecule has 4 aromatic rings. The van der Waals surface area contributed by atoms with Crippen LogP contribution >= 0.6 is 0 Å². The molecule has 150 valence electrons. The fraction of sp³-hybridized carbons (Fsp3) is 0.174. The van der Waals surface area contributed by atoms with Gasteiger partial charge in [0.25, 0.3) is 5.56 Å². The van der Waals surface area contributed by atoms with Crippen molar-refractivity contribution >= 4 is 27.8 Å². The molecule has 7 heteroatoms. The van der Waals surface area contributed by atoms with Crippen molar-refractivity contribution in [3.63, 3.8) is 0 Å². The molecular formula is C23H22N6O. The van der Waals surface area contributed by atoms with Crippen LogP contribution in [-0.4, -0.2) is 41.4 Å². The molecule has 1 fully saturated rings. The van der Waals surface area contributed by atoms with E-state index < -0.39 is 0 Å². The quantitative estimate of drug-likeness (QED) is 0.516. The highest BCUT2D eigenvalue weighted by atomic mass is 16.1. The summed E-state index contributed by atoms with van der Waals surface area (Å²) in [6.07, 6.45) is 3.65. The second kappa shape index (κ2) is 7.51. The number of piperazine rings is 1. The van der Waals surface area contributed by atoms with Crippen molar-refractivity contribution < 1.29 is 0 Å². The molecule has 30 heavy (non-hydrogen) atoms. The van der Waals surface area contributed by atoms with Crippen LogP contribution in [0.1, 0.15) is 0 Å². The molecule has 2 aromatic heterocycles. The number of rotatable bonds is 3. The van der Waals surface area contributed by atoms with E-state index in [0.717, 1.165) is 48.5 Å². The van der Waals surface area contributed by atoms with Gasteiger partial charge in [-0.1, -0.05) is 24.3 Å². The lowest BCUT2D eigenvalue weighted by Crippen LogP contribution is -2.46. The minimum absolute atomic E-state index is 0.189. The van der Waals surface area contributed by atoms with Gasteiger partial charge in [0.05, 0.1) is 22.5 Å². The first-order chi connectivity index (χ1) is 14.7. The molecule has 1 saturated heterocycles. The highest BCUT2D eigenvalue weighted by Gasteiger charge is 2.19. The average molecular weight is 398 g/mol. The lowest BCUT2D eigenvalue weighted by atomic mass is 10.0. The Balaban J connectivity index is 1.40. The molecule has 2 aromatic carbocycles. The summed E-state index contributed by atoms with van der Waals surface area (Å²) in [5.41, 5.74) is 10.8. The Morgan fingerprint density at radius 2 is 1.57 bits per heavy atom. The molecule has 0 aliphatic carbocycles. The Morgan fingerprint density at radius 3 is 2.30 bits per heavy atom. The van der Waals surface area contributed by atoms with Gasteiger partial charge in [-0.3, -0.25) is 9.78 Å². The number of aromatic amines is 1. The molecule has 7 nitrogen and oxygen atoms in total. The van der Waals surface area contributed by atoms with Crippen LogP contribution in [-0.2, 0) is 0 Å². The van der Waals surface area contributed by atoms with Crippen molar-refractivity contribution in [2.45, 2.75) is 0 Å². The maximum absolute atomic E-state index is 12.1. The summed E-state index contributed by atoms with van der Waals surface area (Å²) < 4.78 is 0. The second-order valence-corrected chi connectivity index (χ2v) is 7.40. The molecule has 0 radical (unpaired) electrons. The van der Waals surface area contributed by atoms with Gasteiger partial charge in [0, 0.05) is 55.2 Å². The average Bonchev–Trinajstić information content (AvgIpc) is 2.80. The van der Waals surface area contributed by atoms with Gasteiger partial charge in [0.2, 0.25) is 0 Å². The summed E-state index contributed by atoms with van der Waals surface area (Å²) in [5.74, 6) is 0. The zero-order chi connectivity index (χ0) is 20.5. The Labute approximate surface area is 173 Å². The first-order valence-electron chi connectivity index (χ1n) is 9.98. The van der Waals surface area contributed by atoms with Crippen LogP contribution in [0.25, 0.3) is 22.0 Å². The number of nitrogens with one attached hydrogen (secondary N) is 1. The molecule has 0 unspecified atom stereocenters. The topological polar surface area (TPSA) is 91.1 Å². The molecule has 0 atom stereocenters. The molecule has 3 heterocycles. The molecular weight excluding hydrogens is 376 g/mol. The molecule has 5 rings (SSSR count). The molecule has 0 spiro atoms. The van der Waals surface area contributed by atoms with Crippen LogP contribution in [0.3, 0.4) is 0 Å². The highest BCUT2D eigenvalue weighted by molar-refractivity contribution is 5.94. The van der Waals surface area contributed by atoms with Gasteiger partial charge in [-0.2, -0.15) is 5.10 Å². The molecule has 1 aliphatic heterocycles. The van der Waals surface area contributed by atoms with Crippen molar-refractivity contribution in [2.24, 2.45) is 0 Å². The van der Waals surface area contributed by atoms with Crippen LogP contribution in [0.2, 0.25) is 0 Å². The van der Waals surface area contributed by atoms with Gasteiger partial charge >= 0.3 is 0 Å². The number of hydrogen-bond acceptors (Lipinski definition) is 6. The Kier molecular flexibility index (Phi) is 4.55. The predicted molar refractivity (Wildman–Crippen MR) is 121 cm³/mol. The van der Waals surface area contributed by atoms with E-state index in [-0.39, 0.29) is 5.56 Å². The van der Waals surface area contributed by atoms with Crippen molar-refractivity contribution in [3.05, 3.63) is 77.3 Å². The standard InChI is InChI=1S/C23H22N6O/c24-20-15-16(22-18-3-1-2-4-19(18)23(30)27-26-22)5-6-21(20)29-13-11-28(12-14-29)17-7-9-25-10-8-17/h1-10,15H,11-14,24H2,(H,27,30). The summed E-state index contributed by atoms with van der Waals surface area (Å²) >= 11 is 0. The van der Waals surface area contributed by atoms with E-state index in [4.69, 9.17) is 5.73 Å². The Bertz CT molecular complexity index is 1250. The summed E-state index contributed by atoms with van der Waals surface area (Å²) in [6.45, 7) is 3.64. The summed E-state index contributed by atoms with van der Waals surface area (Å²) in [4.78, 5) is 20.8. The van der Waals surface area contributed by atoms with E-state index in [1.165, 1.54) is 5.69 Å². The van der Waals surface area contributed by atoms with E-state index >= 15 is 0 Å². The van der Waals surface area contributed by atoms with Crippen molar-refractivity contribution in [2.75, 3.05) is 41.7 Å². The van der Waals surface area contributed by atoms with Gasteiger partial charge in [-0.25, -0.2) is 5.10 Å². The van der Waals surface area contributed by atoms with Crippen molar-refractivity contribution in [1.82, 2.24) is 15.2 Å². The number of H-pyrrole nitrogens is 1. The molecule has 1 aliphatic rings. The zero-order valence-corrected chi connectivity index (χ0v) is 16.5. The first-order valence-corrected chi connectivity index (χ1v) is 9.98. The number of nitrogens with zero attached hydrogens (tertiary/aromatic N) is 4. The minimum Gasteiger partial charge on any atom is -0.397 e. The number of fused-ring (bicyclic) bond motifs is 1. The van der Waals surface area contributed by atoms with E-state index in [1.54, 1.807) is 6.07 Å². The second-order valence-electron chi connectivity index (χ2n) is 7.40. The van der Waals surface area contributed by atoms with Crippen molar-refractivity contribution in [3.8, 4) is 11.3 Å². The normalized spacial score (nSPS) is 14.3. The predicted octanol–water partition coefficient (Wildman–Crippen LogP) is 2.89. The van der Waals surface area contributed by atoms with Gasteiger partial charge in [0.1, 0.15) is 0 Å². The third-order valence-corrected chi connectivity index (χ3v) is 5.65. The van der Waals surface area contributed by atoms with Gasteiger partial charge in [0.15, 0.2) is 0 Å². The zero-order valence-electron chi connectivity index (χ0n) is 16.5. The van der Waals surface area contributed by atoms with Crippen LogP contribution < -0.4 is 21.1 Å². The number of hydrogen-bond donors (Lipinski definition) is 2. The largest absolute Gasteiger partial charge is 0.397 e. The third-order valence-electron chi connectivity index (χ3n) is 5.65. The first kappa shape index (κ1) is 18.2. The number of nitrogens with two attached hydrogens (primary N) is 1. The lowest BCUT2D eigenvalue weighted by molar-refractivity contribution is 0.654. The van der Waals surface area contributed by atoms with Gasteiger partial charge < -0.3 is 15.5 Å². The Morgan fingerprint density at radius 1 is 0.867 bits per heavy atom. The lowest BCUT2D eigenvalue weighted by Gasteiger charge is -2.37. The Hall–Kier alpha value is -3.87. The fourth-order valence-corrected chi connectivity index (χ4v) is 4.09. The SMILES string of the molecule is Nc1cc(-c2n[nH]c(=O)c3ccccc23)ccc1N1CCN(c2ccncc2)CC1. The van der Waals surface area contributed by atoms with Gasteiger partial charge in [-0.15, -0.1) is 0 Å². The van der Waals surface area contributed by atoms with E-state index in [2.05, 4.69) is 25.0 Å². The number of benzene rings is 2. The summed E-state index contributed by atoms with van der Waals surface area (Å²) in [5, 5.41) is 8.32. The highest BCUT2D eigenvalue weighted by Crippen LogP contribution is 2.32. The van der Waals surface area contributed by atoms with Crippen LogP contribution in [0.15, 0.2) is 71.8 Å². The fourth-order valence-electron chi connectivity index (χ4n) is 4.09. The monoisotopic (exact) mass is 398 g/mol. The van der Waals surface area contributed by atoms with E-state index in [9.17, 15) is 4.79 Å². The van der Waals surface area contributed by atoms with Crippen molar-refractivity contribution in [1.29, 1.82) is 0 Å².